The molecule has 2 atom stereocenters. The summed E-state index contributed by atoms with van der Waals surface area (Å²) >= 11 is 1.98. The molecular weight excluding hydrogens is 296 g/mol. The Balaban J connectivity index is 1.44. The third-order valence-corrected chi connectivity index (χ3v) is 6.56. The molecule has 0 unspecified atom stereocenters. The van der Waals surface area contributed by atoms with E-state index in [0.29, 0.717) is 6.04 Å². The lowest BCUT2D eigenvalue weighted by Gasteiger charge is -2.38. The van der Waals surface area contributed by atoms with Crippen LogP contribution in [0.25, 0.3) is 0 Å². The minimum atomic E-state index is 0.0401. The number of hydrogen-bond donors (Lipinski definition) is 2. The number of amides is 2. The van der Waals surface area contributed by atoms with Crippen LogP contribution in [0.5, 0.6) is 0 Å². The third kappa shape index (κ3) is 4.54. The first-order valence-corrected chi connectivity index (χ1v) is 10.2. The Morgan fingerprint density at radius 2 is 1.73 bits per heavy atom. The molecule has 1 spiro atoms. The normalized spacial score (nSPS) is 34.1. The van der Waals surface area contributed by atoms with Gasteiger partial charge in [-0.25, -0.2) is 4.79 Å². The van der Waals surface area contributed by atoms with Crippen molar-refractivity contribution in [2.45, 2.75) is 81.9 Å². The predicted molar refractivity (Wildman–Crippen MR) is 91.4 cm³/mol. The van der Waals surface area contributed by atoms with Crippen molar-refractivity contribution in [1.82, 2.24) is 10.6 Å². The SMILES string of the molecule is O=C(NC1CCCCCCC1)N[C@@H]1CCO[C@@]2(CCSC2)C1. The Labute approximate surface area is 138 Å². The first kappa shape index (κ1) is 16.4. The summed E-state index contributed by atoms with van der Waals surface area (Å²) in [4.78, 5) is 12.3. The Morgan fingerprint density at radius 3 is 2.45 bits per heavy atom. The van der Waals surface area contributed by atoms with E-state index in [1.54, 1.807) is 0 Å². The van der Waals surface area contributed by atoms with Gasteiger partial charge in [-0.15, -0.1) is 0 Å². The second-order valence-corrected chi connectivity index (χ2v) is 8.29. The van der Waals surface area contributed by atoms with Crippen LogP contribution in [0.4, 0.5) is 4.79 Å². The largest absolute Gasteiger partial charge is 0.374 e. The summed E-state index contributed by atoms with van der Waals surface area (Å²) in [5.41, 5.74) is 0.0428. The van der Waals surface area contributed by atoms with Gasteiger partial charge in [0.15, 0.2) is 0 Å². The van der Waals surface area contributed by atoms with Crippen LogP contribution in [0.2, 0.25) is 0 Å². The lowest BCUT2D eigenvalue weighted by molar-refractivity contribution is -0.0684. The molecule has 0 radical (unpaired) electrons. The molecular formula is C17H30N2O2S. The van der Waals surface area contributed by atoms with Gasteiger partial charge in [0.05, 0.1) is 5.60 Å². The van der Waals surface area contributed by atoms with Crippen LogP contribution in [0.1, 0.15) is 64.2 Å². The summed E-state index contributed by atoms with van der Waals surface area (Å²) < 4.78 is 6.03. The summed E-state index contributed by atoms with van der Waals surface area (Å²) in [5, 5.41) is 6.43. The van der Waals surface area contributed by atoms with E-state index < -0.39 is 0 Å². The molecule has 2 amide bonds. The monoisotopic (exact) mass is 326 g/mol. The summed E-state index contributed by atoms with van der Waals surface area (Å²) in [5.74, 6) is 2.29. The molecule has 3 aliphatic rings. The van der Waals surface area contributed by atoms with E-state index in [1.807, 2.05) is 11.8 Å². The van der Waals surface area contributed by atoms with Gasteiger partial charge in [0, 0.05) is 24.4 Å². The number of carbonyl (C=O) groups is 1. The molecule has 5 heteroatoms. The number of ether oxygens (including phenoxy) is 1. The number of carbonyl (C=O) groups excluding carboxylic acids is 1. The quantitative estimate of drug-likeness (QED) is 0.817. The van der Waals surface area contributed by atoms with Gasteiger partial charge < -0.3 is 15.4 Å². The molecule has 3 rings (SSSR count). The molecule has 126 valence electrons. The average Bonchev–Trinajstić information content (AvgIpc) is 2.89. The van der Waals surface area contributed by atoms with Crippen molar-refractivity contribution in [3.8, 4) is 0 Å². The van der Waals surface area contributed by atoms with E-state index in [1.165, 1.54) is 37.9 Å². The minimum Gasteiger partial charge on any atom is -0.374 e. The highest BCUT2D eigenvalue weighted by molar-refractivity contribution is 7.99. The highest BCUT2D eigenvalue weighted by Gasteiger charge is 2.40. The van der Waals surface area contributed by atoms with Gasteiger partial charge in [-0.2, -0.15) is 11.8 Å². The van der Waals surface area contributed by atoms with E-state index in [0.717, 1.165) is 44.5 Å². The van der Waals surface area contributed by atoms with E-state index in [2.05, 4.69) is 10.6 Å². The number of thioether (sulfide) groups is 1. The third-order valence-electron chi connectivity index (χ3n) is 5.34. The van der Waals surface area contributed by atoms with Gasteiger partial charge in [-0.1, -0.05) is 32.1 Å². The Bertz CT molecular complexity index is 364. The summed E-state index contributed by atoms with van der Waals surface area (Å²) in [6.45, 7) is 0.787. The summed E-state index contributed by atoms with van der Waals surface area (Å²) in [6, 6.07) is 0.690. The molecule has 2 aliphatic heterocycles. The predicted octanol–water partition coefficient (Wildman–Crippen LogP) is 3.45. The molecule has 1 saturated carbocycles. The van der Waals surface area contributed by atoms with Crippen molar-refractivity contribution >= 4 is 17.8 Å². The fraction of sp³-hybridized carbons (Fsp3) is 0.941. The van der Waals surface area contributed by atoms with Crippen molar-refractivity contribution in [3.63, 3.8) is 0 Å². The highest BCUT2D eigenvalue weighted by Crippen LogP contribution is 2.38. The Kier molecular flexibility index (Phi) is 5.91. The van der Waals surface area contributed by atoms with Crippen LogP contribution in [0, 0.1) is 0 Å². The van der Waals surface area contributed by atoms with E-state index >= 15 is 0 Å². The molecule has 2 heterocycles. The molecule has 4 nitrogen and oxygen atoms in total. The maximum atomic E-state index is 12.3. The number of hydrogen-bond acceptors (Lipinski definition) is 3. The van der Waals surface area contributed by atoms with Gasteiger partial charge in [-0.3, -0.25) is 0 Å². The maximum absolute atomic E-state index is 12.3. The Morgan fingerprint density at radius 1 is 1.00 bits per heavy atom. The second-order valence-electron chi connectivity index (χ2n) is 7.18. The van der Waals surface area contributed by atoms with Crippen LogP contribution in [0.15, 0.2) is 0 Å². The lowest BCUT2D eigenvalue weighted by atomic mass is 9.90. The molecule has 2 N–H and O–H groups in total. The zero-order chi connectivity index (χ0) is 15.3. The first-order chi connectivity index (χ1) is 10.8. The van der Waals surface area contributed by atoms with Gasteiger partial charge in [0.25, 0.3) is 0 Å². The van der Waals surface area contributed by atoms with Gasteiger partial charge in [0.2, 0.25) is 0 Å². The standard InChI is InChI=1S/C17H30N2O2S/c20-16(18-14-6-4-2-1-3-5-7-14)19-15-8-10-21-17(12-15)9-11-22-13-17/h14-15H,1-13H2,(H2,18,19,20)/t15-,17+/m1/s1. The molecule has 0 bridgehead atoms. The number of nitrogens with one attached hydrogen (secondary N) is 2. The zero-order valence-corrected chi connectivity index (χ0v) is 14.4. The molecule has 1 aliphatic carbocycles. The summed E-state index contributed by atoms with van der Waals surface area (Å²) in [6.07, 6.45) is 11.9. The molecule has 0 aromatic heterocycles. The van der Waals surface area contributed by atoms with Crippen LogP contribution in [-0.2, 0) is 4.74 Å². The fourth-order valence-corrected chi connectivity index (χ4v) is 5.41. The van der Waals surface area contributed by atoms with Crippen molar-refractivity contribution in [3.05, 3.63) is 0 Å². The zero-order valence-electron chi connectivity index (χ0n) is 13.6. The van der Waals surface area contributed by atoms with Gasteiger partial charge >= 0.3 is 6.03 Å². The number of rotatable bonds is 2. The van der Waals surface area contributed by atoms with E-state index in [4.69, 9.17) is 4.74 Å². The van der Waals surface area contributed by atoms with Crippen molar-refractivity contribution in [2.24, 2.45) is 0 Å². The maximum Gasteiger partial charge on any atom is 0.315 e. The van der Waals surface area contributed by atoms with Crippen LogP contribution < -0.4 is 10.6 Å². The smallest absolute Gasteiger partial charge is 0.315 e. The molecule has 0 aromatic rings. The Hall–Kier alpha value is -0.420. The molecule has 2 saturated heterocycles. The van der Waals surface area contributed by atoms with Gasteiger partial charge in [-0.05, 0) is 37.9 Å². The van der Waals surface area contributed by atoms with Crippen LogP contribution in [-0.4, -0.2) is 41.8 Å². The molecule has 3 fully saturated rings. The average molecular weight is 327 g/mol. The van der Waals surface area contributed by atoms with E-state index in [-0.39, 0.29) is 17.7 Å². The number of urea groups is 1. The topological polar surface area (TPSA) is 50.4 Å². The van der Waals surface area contributed by atoms with Crippen molar-refractivity contribution < 1.29 is 9.53 Å². The second kappa shape index (κ2) is 7.91. The van der Waals surface area contributed by atoms with Gasteiger partial charge in [0.1, 0.15) is 0 Å². The highest BCUT2D eigenvalue weighted by atomic mass is 32.2. The molecule has 22 heavy (non-hydrogen) atoms. The van der Waals surface area contributed by atoms with Crippen LogP contribution >= 0.6 is 11.8 Å². The summed E-state index contributed by atoms with van der Waals surface area (Å²) in [7, 11) is 0. The molecule has 0 aromatic carbocycles. The first-order valence-electron chi connectivity index (χ1n) is 9.05. The van der Waals surface area contributed by atoms with E-state index in [9.17, 15) is 4.79 Å². The van der Waals surface area contributed by atoms with Crippen molar-refractivity contribution in [2.75, 3.05) is 18.1 Å². The van der Waals surface area contributed by atoms with Crippen LogP contribution in [0.3, 0.4) is 0 Å². The van der Waals surface area contributed by atoms with Crippen molar-refractivity contribution in [1.29, 1.82) is 0 Å². The minimum absolute atomic E-state index is 0.0401. The lowest BCUT2D eigenvalue weighted by Crippen LogP contribution is -2.52. The fourth-order valence-electron chi connectivity index (χ4n) is 4.03.